The van der Waals surface area contributed by atoms with Crippen molar-refractivity contribution < 1.29 is 18.1 Å². The molecule has 1 N–H and O–H groups in total. The first-order valence-electron chi connectivity index (χ1n) is 10.1. The summed E-state index contributed by atoms with van der Waals surface area (Å²) in [6.07, 6.45) is 3.74. The van der Waals surface area contributed by atoms with Crippen molar-refractivity contribution in [2.75, 3.05) is 30.5 Å². The van der Waals surface area contributed by atoms with Crippen LogP contribution in [0, 0.1) is 12.7 Å². The molecule has 0 aliphatic carbocycles. The lowest BCUT2D eigenvalue weighted by Crippen LogP contribution is -2.16. The normalized spacial score (nSPS) is 18.0. The molecule has 1 aliphatic rings. The third-order valence-electron chi connectivity index (χ3n) is 5.13. The zero-order chi connectivity index (χ0) is 22.0. The van der Waals surface area contributed by atoms with E-state index in [1.165, 1.54) is 18.5 Å². The van der Waals surface area contributed by atoms with E-state index in [0.717, 1.165) is 17.4 Å². The van der Waals surface area contributed by atoms with E-state index in [1.807, 2.05) is 19.9 Å². The van der Waals surface area contributed by atoms with E-state index in [4.69, 9.17) is 9.47 Å². The Hall–Kier alpha value is -2.78. The van der Waals surface area contributed by atoms with Crippen LogP contribution in [0.3, 0.4) is 0 Å². The molecule has 1 saturated heterocycles. The van der Waals surface area contributed by atoms with Gasteiger partial charge in [0.1, 0.15) is 29.8 Å². The van der Waals surface area contributed by atoms with Gasteiger partial charge in [-0.3, -0.25) is 0 Å². The number of anilines is 2. The molecule has 9 heteroatoms. The summed E-state index contributed by atoms with van der Waals surface area (Å²) in [5.41, 5.74) is 2.79. The SMILES string of the molecule is CCS(C)(=O)=Nc1cc(C)c2c(Nc3ccc(F)cc3OC3CCOC3)ncnc2c1. The molecule has 1 aliphatic heterocycles. The summed E-state index contributed by atoms with van der Waals surface area (Å²) in [6, 6.07) is 8.02. The Labute approximate surface area is 181 Å². The van der Waals surface area contributed by atoms with Crippen molar-refractivity contribution in [2.45, 2.75) is 26.4 Å². The Morgan fingerprint density at radius 2 is 2.16 bits per heavy atom. The minimum absolute atomic E-state index is 0.113. The predicted molar refractivity (Wildman–Crippen MR) is 121 cm³/mol. The fourth-order valence-electron chi connectivity index (χ4n) is 3.42. The maximum Gasteiger partial charge on any atom is 0.146 e. The first kappa shape index (κ1) is 21.5. The number of hydrogen-bond donors (Lipinski definition) is 1. The van der Waals surface area contributed by atoms with Crippen molar-refractivity contribution in [3.63, 3.8) is 0 Å². The average molecular weight is 445 g/mol. The van der Waals surface area contributed by atoms with Crippen LogP contribution in [-0.2, 0) is 14.5 Å². The zero-order valence-electron chi connectivity index (χ0n) is 17.7. The van der Waals surface area contributed by atoms with Gasteiger partial charge >= 0.3 is 0 Å². The smallest absolute Gasteiger partial charge is 0.146 e. The van der Waals surface area contributed by atoms with Crippen LogP contribution >= 0.6 is 0 Å². The molecule has 1 aromatic heterocycles. The lowest BCUT2D eigenvalue weighted by Gasteiger charge is -2.17. The van der Waals surface area contributed by atoms with Gasteiger partial charge in [-0.15, -0.1) is 0 Å². The molecule has 0 bridgehead atoms. The van der Waals surface area contributed by atoms with Crippen LogP contribution in [0.2, 0.25) is 0 Å². The second kappa shape index (κ2) is 8.76. The third-order valence-corrected chi connectivity index (χ3v) is 6.80. The highest BCUT2D eigenvalue weighted by Gasteiger charge is 2.20. The molecule has 164 valence electrons. The number of benzene rings is 2. The van der Waals surface area contributed by atoms with Crippen molar-refractivity contribution in [3.8, 4) is 5.75 Å². The van der Waals surface area contributed by atoms with E-state index in [2.05, 4.69) is 19.6 Å². The van der Waals surface area contributed by atoms with Gasteiger partial charge in [0.2, 0.25) is 0 Å². The Morgan fingerprint density at radius 3 is 2.90 bits per heavy atom. The first-order chi connectivity index (χ1) is 14.8. The van der Waals surface area contributed by atoms with Crippen molar-refractivity contribution in [2.24, 2.45) is 4.36 Å². The molecule has 0 radical (unpaired) electrons. The fraction of sp³-hybridized carbons (Fsp3) is 0.364. The van der Waals surface area contributed by atoms with Gasteiger partial charge in [0.15, 0.2) is 0 Å². The number of ether oxygens (including phenoxy) is 2. The Morgan fingerprint density at radius 1 is 1.32 bits per heavy atom. The number of halogens is 1. The summed E-state index contributed by atoms with van der Waals surface area (Å²) in [6.45, 7) is 4.89. The van der Waals surface area contributed by atoms with Crippen LogP contribution in [0.5, 0.6) is 5.75 Å². The lowest BCUT2D eigenvalue weighted by atomic mass is 10.1. The van der Waals surface area contributed by atoms with Crippen LogP contribution in [0.25, 0.3) is 10.9 Å². The van der Waals surface area contributed by atoms with Crippen LogP contribution in [0.15, 0.2) is 41.0 Å². The van der Waals surface area contributed by atoms with Gasteiger partial charge in [0.25, 0.3) is 0 Å². The quantitative estimate of drug-likeness (QED) is 0.591. The number of nitrogens with one attached hydrogen (secondary N) is 1. The molecule has 2 heterocycles. The van der Waals surface area contributed by atoms with Crippen molar-refractivity contribution in [1.82, 2.24) is 9.97 Å². The maximum atomic E-state index is 13.9. The number of nitrogens with zero attached hydrogens (tertiary/aromatic N) is 3. The van der Waals surface area contributed by atoms with Gasteiger partial charge in [0, 0.05) is 39.6 Å². The van der Waals surface area contributed by atoms with Crippen LogP contribution < -0.4 is 10.1 Å². The van der Waals surface area contributed by atoms with E-state index in [0.29, 0.717) is 47.4 Å². The molecule has 3 aromatic rings. The van der Waals surface area contributed by atoms with E-state index < -0.39 is 9.73 Å². The van der Waals surface area contributed by atoms with Crippen LogP contribution in [-0.4, -0.2) is 45.5 Å². The summed E-state index contributed by atoms with van der Waals surface area (Å²) in [5.74, 6) is 1.06. The molecular weight excluding hydrogens is 419 g/mol. The standard InChI is InChI=1S/C22H25FN4O3S/c1-4-31(3,28)27-16-9-14(2)21-19(11-16)24-13-25-22(21)26-18-6-5-15(23)10-20(18)30-17-7-8-29-12-17/h5-6,9-11,13,17H,4,7-8,12H2,1-3H3,(H,24,25,26). The highest BCUT2D eigenvalue weighted by atomic mass is 32.2. The molecule has 2 aromatic carbocycles. The molecule has 1 fully saturated rings. The van der Waals surface area contributed by atoms with Gasteiger partial charge in [0.05, 0.1) is 30.1 Å². The summed E-state index contributed by atoms with van der Waals surface area (Å²) in [4.78, 5) is 8.76. The second-order valence-electron chi connectivity index (χ2n) is 7.59. The first-order valence-corrected chi connectivity index (χ1v) is 12.2. The number of hydrogen-bond acceptors (Lipinski definition) is 7. The molecule has 2 atom stereocenters. The minimum atomic E-state index is -2.28. The number of fused-ring (bicyclic) bond motifs is 1. The van der Waals surface area contributed by atoms with E-state index in [9.17, 15) is 8.60 Å². The number of aromatic nitrogens is 2. The molecule has 4 rings (SSSR count). The Balaban J connectivity index is 1.73. The lowest BCUT2D eigenvalue weighted by molar-refractivity contribution is 0.141. The van der Waals surface area contributed by atoms with E-state index in [1.54, 1.807) is 18.4 Å². The van der Waals surface area contributed by atoms with Crippen molar-refractivity contribution in [1.29, 1.82) is 0 Å². The topological polar surface area (TPSA) is 85.7 Å². The van der Waals surface area contributed by atoms with Crippen molar-refractivity contribution in [3.05, 3.63) is 48.0 Å². The van der Waals surface area contributed by atoms with Gasteiger partial charge in [-0.2, -0.15) is 4.36 Å². The van der Waals surface area contributed by atoms with Crippen molar-refractivity contribution >= 4 is 37.8 Å². The molecule has 31 heavy (non-hydrogen) atoms. The molecule has 2 unspecified atom stereocenters. The molecular formula is C22H25FN4O3S. The number of rotatable bonds is 6. The minimum Gasteiger partial charge on any atom is -0.486 e. The monoisotopic (exact) mass is 444 g/mol. The van der Waals surface area contributed by atoms with Gasteiger partial charge in [-0.05, 0) is 36.8 Å². The van der Waals surface area contributed by atoms with Gasteiger partial charge in [-0.1, -0.05) is 6.92 Å². The Bertz CT molecular complexity index is 1230. The highest BCUT2D eigenvalue weighted by molar-refractivity contribution is 7.93. The highest BCUT2D eigenvalue weighted by Crippen LogP contribution is 2.34. The molecule has 0 saturated carbocycles. The summed E-state index contributed by atoms with van der Waals surface area (Å²) >= 11 is 0. The summed E-state index contributed by atoms with van der Waals surface area (Å²) < 4.78 is 42.0. The number of aryl methyl sites for hydroxylation is 1. The fourth-order valence-corrected chi connectivity index (χ4v) is 4.10. The Kier molecular flexibility index (Phi) is 6.06. The average Bonchev–Trinajstić information content (AvgIpc) is 3.22. The molecule has 0 amide bonds. The zero-order valence-corrected chi connectivity index (χ0v) is 18.5. The second-order valence-corrected chi connectivity index (χ2v) is 10.3. The largest absolute Gasteiger partial charge is 0.486 e. The summed E-state index contributed by atoms with van der Waals surface area (Å²) in [7, 11) is -2.28. The van der Waals surface area contributed by atoms with E-state index in [-0.39, 0.29) is 11.9 Å². The molecule has 7 nitrogen and oxygen atoms in total. The van der Waals surface area contributed by atoms with Gasteiger partial charge < -0.3 is 14.8 Å². The van der Waals surface area contributed by atoms with Crippen LogP contribution in [0.4, 0.5) is 21.6 Å². The maximum absolute atomic E-state index is 13.9. The van der Waals surface area contributed by atoms with Gasteiger partial charge in [-0.25, -0.2) is 18.6 Å². The predicted octanol–water partition coefficient (Wildman–Crippen LogP) is 4.74. The van der Waals surface area contributed by atoms with E-state index >= 15 is 0 Å². The van der Waals surface area contributed by atoms with Crippen LogP contribution in [0.1, 0.15) is 18.9 Å². The third kappa shape index (κ3) is 4.94. The molecule has 0 spiro atoms. The summed E-state index contributed by atoms with van der Waals surface area (Å²) in [5, 5.41) is 4.07.